The maximum Gasteiger partial charge on any atom is 0.573 e. The Labute approximate surface area is 121 Å². The third-order valence-corrected chi connectivity index (χ3v) is 3.42. The molecule has 0 saturated heterocycles. The number of nitrogens with zero attached hydrogens (tertiary/aromatic N) is 1. The number of hydrogen-bond donors (Lipinski definition) is 0. The van der Waals surface area contributed by atoms with Gasteiger partial charge in [-0.25, -0.2) is 8.42 Å². The predicted molar refractivity (Wildman–Crippen MR) is 57.8 cm³/mol. The summed E-state index contributed by atoms with van der Waals surface area (Å²) in [4.78, 5) is 7.06. The van der Waals surface area contributed by atoms with Crippen LogP contribution < -0.4 is 4.74 Å². The summed E-state index contributed by atoms with van der Waals surface area (Å²) in [5.41, 5.74) is -4.68. The zero-order chi connectivity index (χ0) is 17.5. The first-order valence-corrected chi connectivity index (χ1v) is 7.04. The average molecular weight is 374 g/mol. The molecule has 0 amide bonds. The molecule has 124 valence electrons. The van der Waals surface area contributed by atoms with Gasteiger partial charge in [0.05, 0.1) is 4.92 Å². The summed E-state index contributed by atoms with van der Waals surface area (Å²) in [6.07, 6.45) is -11.2. The van der Waals surface area contributed by atoms with Crippen molar-refractivity contribution >= 4 is 25.4 Å². The van der Waals surface area contributed by atoms with E-state index in [1.807, 2.05) is 0 Å². The van der Waals surface area contributed by atoms with Gasteiger partial charge in [-0.3, -0.25) is 10.1 Å². The Balaban J connectivity index is 3.86. The molecular weight excluding hydrogens is 372 g/mol. The molecule has 0 unspecified atom stereocenters. The van der Waals surface area contributed by atoms with E-state index in [1.54, 1.807) is 0 Å². The molecule has 0 aromatic heterocycles. The Morgan fingerprint density at radius 1 is 1.14 bits per heavy atom. The molecule has 6 nitrogen and oxygen atoms in total. The van der Waals surface area contributed by atoms with E-state index in [9.17, 15) is 44.9 Å². The van der Waals surface area contributed by atoms with Crippen molar-refractivity contribution in [3.63, 3.8) is 0 Å². The Bertz CT molecular complexity index is 713. The lowest BCUT2D eigenvalue weighted by molar-refractivity contribution is -0.392. The van der Waals surface area contributed by atoms with Crippen LogP contribution in [0.2, 0.25) is 0 Å². The fraction of sp³-hybridized carbons (Fsp3) is 0.250. The molecule has 1 aromatic carbocycles. The molecule has 0 bridgehead atoms. The minimum Gasteiger partial charge on any atom is -0.398 e. The zero-order valence-corrected chi connectivity index (χ0v) is 11.3. The highest BCUT2D eigenvalue weighted by molar-refractivity contribution is 8.13. The Morgan fingerprint density at radius 2 is 1.64 bits per heavy atom. The highest BCUT2D eigenvalue weighted by Gasteiger charge is 2.47. The second kappa shape index (κ2) is 5.46. The second-order valence-electron chi connectivity index (χ2n) is 3.53. The van der Waals surface area contributed by atoms with E-state index >= 15 is 0 Å². The van der Waals surface area contributed by atoms with Crippen LogP contribution in [0.3, 0.4) is 0 Å². The van der Waals surface area contributed by atoms with Crippen molar-refractivity contribution in [3.8, 4) is 5.75 Å². The van der Waals surface area contributed by atoms with E-state index in [0.717, 1.165) is 0 Å². The summed E-state index contributed by atoms with van der Waals surface area (Å²) in [7, 11) is -0.404. The van der Waals surface area contributed by atoms with Crippen LogP contribution in [0.15, 0.2) is 17.0 Å². The summed E-state index contributed by atoms with van der Waals surface area (Å²) in [5.74, 6) is -1.83. The molecule has 0 saturated carbocycles. The predicted octanol–water partition coefficient (Wildman–Crippen LogP) is 3.44. The lowest BCUT2D eigenvalue weighted by Gasteiger charge is -2.15. The van der Waals surface area contributed by atoms with Crippen molar-refractivity contribution in [2.24, 2.45) is 0 Å². The second-order valence-corrected chi connectivity index (χ2v) is 6.06. The Morgan fingerprint density at radius 3 is 1.95 bits per heavy atom. The first kappa shape index (κ1) is 18.3. The number of ether oxygens (including phenoxy) is 1. The lowest BCUT2D eigenvalue weighted by Crippen LogP contribution is -2.20. The summed E-state index contributed by atoms with van der Waals surface area (Å²) in [5, 5.41) is 10.7. The van der Waals surface area contributed by atoms with Gasteiger partial charge in [0.25, 0.3) is 9.05 Å². The van der Waals surface area contributed by atoms with E-state index in [1.165, 1.54) is 0 Å². The van der Waals surface area contributed by atoms with Gasteiger partial charge in [-0.1, -0.05) is 0 Å². The monoisotopic (exact) mass is 373 g/mol. The number of nitro groups is 1. The van der Waals surface area contributed by atoms with Crippen LogP contribution in [0, 0.1) is 10.1 Å². The van der Waals surface area contributed by atoms with Gasteiger partial charge < -0.3 is 4.74 Å². The molecule has 1 rings (SSSR count). The van der Waals surface area contributed by atoms with E-state index < -0.39 is 48.4 Å². The smallest absolute Gasteiger partial charge is 0.398 e. The highest BCUT2D eigenvalue weighted by atomic mass is 35.7. The van der Waals surface area contributed by atoms with Crippen LogP contribution >= 0.6 is 10.7 Å². The summed E-state index contributed by atoms with van der Waals surface area (Å²) in [6, 6.07) is 0.0787. The van der Waals surface area contributed by atoms with Crippen molar-refractivity contribution in [2.45, 2.75) is 17.4 Å². The van der Waals surface area contributed by atoms with Crippen LogP contribution in [-0.2, 0) is 15.2 Å². The van der Waals surface area contributed by atoms with Gasteiger partial charge in [-0.15, -0.1) is 13.2 Å². The van der Waals surface area contributed by atoms with Crippen LogP contribution in [-0.4, -0.2) is 19.7 Å². The molecule has 0 fully saturated rings. The molecule has 0 aliphatic heterocycles. The largest absolute Gasteiger partial charge is 0.573 e. The maximum absolute atomic E-state index is 12.8. The number of hydrogen-bond acceptors (Lipinski definition) is 5. The SMILES string of the molecule is O=[N+]([O-])c1c(OC(F)(F)F)ccc(S(=O)(=O)Cl)c1C(F)(F)F. The van der Waals surface area contributed by atoms with Crippen molar-refractivity contribution in [2.75, 3.05) is 0 Å². The number of benzene rings is 1. The third kappa shape index (κ3) is 4.13. The van der Waals surface area contributed by atoms with Crippen LogP contribution in [0.1, 0.15) is 5.56 Å². The third-order valence-electron chi connectivity index (χ3n) is 2.06. The number of alkyl halides is 6. The summed E-state index contributed by atoms with van der Waals surface area (Å²) < 4.78 is 100.0. The fourth-order valence-corrected chi connectivity index (χ4v) is 2.49. The maximum atomic E-state index is 12.8. The van der Waals surface area contributed by atoms with Crippen LogP contribution in [0.5, 0.6) is 5.75 Å². The van der Waals surface area contributed by atoms with E-state index in [2.05, 4.69) is 4.74 Å². The minimum atomic E-state index is -5.68. The van der Waals surface area contributed by atoms with Gasteiger partial charge in [-0.05, 0) is 12.1 Å². The van der Waals surface area contributed by atoms with E-state index in [0.29, 0.717) is 0 Å². The number of nitro benzene ring substituents is 1. The Kier molecular flexibility index (Phi) is 4.54. The quantitative estimate of drug-likeness (QED) is 0.350. The molecule has 0 radical (unpaired) electrons. The molecule has 1 aromatic rings. The number of halogens is 7. The summed E-state index contributed by atoms with van der Waals surface area (Å²) in [6.45, 7) is 0. The van der Waals surface area contributed by atoms with Crippen molar-refractivity contribution < 1.29 is 44.4 Å². The van der Waals surface area contributed by atoms with Gasteiger partial charge in [-0.2, -0.15) is 13.2 Å². The van der Waals surface area contributed by atoms with Gasteiger partial charge >= 0.3 is 18.2 Å². The topological polar surface area (TPSA) is 86.5 Å². The molecule has 0 heterocycles. The first-order valence-electron chi connectivity index (χ1n) is 4.73. The van der Waals surface area contributed by atoms with Gasteiger partial charge in [0.2, 0.25) is 5.75 Å². The molecule has 14 heteroatoms. The standard InChI is InChI=1S/C8H2ClF6NO5S/c9-22(19,20)4-2-1-3(21-8(13,14)15)6(16(17)18)5(4)7(10,11)12/h1-2H. The van der Waals surface area contributed by atoms with E-state index in [-0.39, 0.29) is 12.1 Å². The van der Waals surface area contributed by atoms with Gasteiger partial charge in [0.1, 0.15) is 4.90 Å². The molecule has 0 spiro atoms. The van der Waals surface area contributed by atoms with Crippen molar-refractivity contribution in [1.29, 1.82) is 0 Å². The van der Waals surface area contributed by atoms with Crippen molar-refractivity contribution in [3.05, 3.63) is 27.8 Å². The molecular formula is C8H2ClF6NO5S. The molecule has 0 aliphatic rings. The summed E-state index contributed by atoms with van der Waals surface area (Å²) >= 11 is 0. The van der Waals surface area contributed by atoms with Gasteiger partial charge in [0.15, 0.2) is 5.56 Å². The highest BCUT2D eigenvalue weighted by Crippen LogP contribution is 2.46. The Hall–Kier alpha value is -1.76. The van der Waals surface area contributed by atoms with Crippen LogP contribution in [0.4, 0.5) is 32.0 Å². The normalized spacial score (nSPS) is 13.0. The zero-order valence-electron chi connectivity index (χ0n) is 9.70. The lowest BCUT2D eigenvalue weighted by atomic mass is 10.1. The average Bonchev–Trinajstić information content (AvgIpc) is 2.22. The number of rotatable bonds is 3. The van der Waals surface area contributed by atoms with Crippen LogP contribution in [0.25, 0.3) is 0 Å². The molecule has 0 aliphatic carbocycles. The molecule has 0 atom stereocenters. The molecule has 22 heavy (non-hydrogen) atoms. The van der Waals surface area contributed by atoms with Crippen molar-refractivity contribution in [1.82, 2.24) is 0 Å². The molecule has 0 N–H and O–H groups in total. The van der Waals surface area contributed by atoms with Gasteiger partial charge in [0, 0.05) is 10.7 Å². The van der Waals surface area contributed by atoms with E-state index in [4.69, 9.17) is 10.7 Å². The minimum absolute atomic E-state index is 0.0270. The first-order chi connectivity index (χ1) is 9.64. The fourth-order valence-electron chi connectivity index (χ4n) is 1.42.